The molecule has 1 fully saturated rings. The number of benzene rings is 1. The zero-order valence-electron chi connectivity index (χ0n) is 10.6. The van der Waals surface area contributed by atoms with E-state index in [1.54, 1.807) is 12.1 Å². The summed E-state index contributed by atoms with van der Waals surface area (Å²) < 4.78 is 13.5. The van der Waals surface area contributed by atoms with E-state index >= 15 is 0 Å². The molecular weight excluding hydrogens is 215 g/mol. The first-order chi connectivity index (χ1) is 8.08. The SMILES string of the molecule is CC1CC1CN(C)CC(N)c1ccccc1F. The van der Waals surface area contributed by atoms with Crippen molar-refractivity contribution in [3.63, 3.8) is 0 Å². The van der Waals surface area contributed by atoms with Crippen LogP contribution in [-0.2, 0) is 0 Å². The molecule has 17 heavy (non-hydrogen) atoms. The Morgan fingerprint density at radius 2 is 2.12 bits per heavy atom. The average Bonchev–Trinajstić information content (AvgIpc) is 2.94. The minimum absolute atomic E-state index is 0.201. The Balaban J connectivity index is 1.88. The van der Waals surface area contributed by atoms with Crippen molar-refractivity contribution in [3.8, 4) is 0 Å². The highest BCUT2D eigenvalue weighted by molar-refractivity contribution is 5.21. The number of halogens is 1. The second-order valence-corrected chi connectivity index (χ2v) is 5.32. The predicted molar refractivity (Wildman–Crippen MR) is 68.1 cm³/mol. The lowest BCUT2D eigenvalue weighted by Crippen LogP contribution is -2.31. The fourth-order valence-electron chi connectivity index (χ4n) is 2.34. The molecule has 1 aromatic rings. The van der Waals surface area contributed by atoms with Crippen molar-refractivity contribution in [1.82, 2.24) is 4.90 Å². The van der Waals surface area contributed by atoms with Crippen LogP contribution in [0.2, 0.25) is 0 Å². The summed E-state index contributed by atoms with van der Waals surface area (Å²) in [6.07, 6.45) is 1.32. The molecule has 1 saturated carbocycles. The summed E-state index contributed by atoms with van der Waals surface area (Å²) >= 11 is 0. The van der Waals surface area contributed by atoms with Gasteiger partial charge in [0, 0.05) is 24.7 Å². The Bertz CT molecular complexity index is 380. The summed E-state index contributed by atoms with van der Waals surface area (Å²) in [5.41, 5.74) is 6.66. The van der Waals surface area contributed by atoms with Gasteiger partial charge >= 0.3 is 0 Å². The van der Waals surface area contributed by atoms with Crippen LogP contribution in [0.5, 0.6) is 0 Å². The number of nitrogens with zero attached hydrogens (tertiary/aromatic N) is 1. The fraction of sp³-hybridized carbons (Fsp3) is 0.571. The van der Waals surface area contributed by atoms with Gasteiger partial charge in [0.05, 0.1) is 0 Å². The molecule has 1 aliphatic carbocycles. The monoisotopic (exact) mass is 236 g/mol. The number of hydrogen-bond acceptors (Lipinski definition) is 2. The highest BCUT2D eigenvalue weighted by atomic mass is 19.1. The maximum absolute atomic E-state index is 13.5. The summed E-state index contributed by atoms with van der Waals surface area (Å²) in [5.74, 6) is 1.46. The van der Waals surface area contributed by atoms with Crippen molar-refractivity contribution in [1.29, 1.82) is 0 Å². The smallest absolute Gasteiger partial charge is 0.128 e. The number of likely N-dealkylation sites (N-methyl/N-ethyl adjacent to an activating group) is 1. The lowest BCUT2D eigenvalue weighted by molar-refractivity contribution is 0.293. The van der Waals surface area contributed by atoms with E-state index in [0.29, 0.717) is 12.1 Å². The minimum Gasteiger partial charge on any atom is -0.323 e. The van der Waals surface area contributed by atoms with E-state index in [1.807, 2.05) is 6.07 Å². The highest BCUT2D eigenvalue weighted by Crippen LogP contribution is 2.38. The third-order valence-electron chi connectivity index (χ3n) is 3.64. The Morgan fingerprint density at radius 3 is 2.71 bits per heavy atom. The van der Waals surface area contributed by atoms with Crippen molar-refractivity contribution < 1.29 is 4.39 Å². The van der Waals surface area contributed by atoms with Gasteiger partial charge in [-0.3, -0.25) is 0 Å². The highest BCUT2D eigenvalue weighted by Gasteiger charge is 2.33. The van der Waals surface area contributed by atoms with Crippen molar-refractivity contribution in [3.05, 3.63) is 35.6 Å². The fourth-order valence-corrected chi connectivity index (χ4v) is 2.34. The Labute approximate surface area is 103 Å². The molecule has 2 nitrogen and oxygen atoms in total. The maximum Gasteiger partial charge on any atom is 0.128 e. The predicted octanol–water partition coefficient (Wildman–Crippen LogP) is 2.41. The summed E-state index contributed by atoms with van der Waals surface area (Å²) in [5, 5.41) is 0. The lowest BCUT2D eigenvalue weighted by Gasteiger charge is -2.21. The molecular formula is C14H21FN2. The van der Waals surface area contributed by atoms with E-state index in [-0.39, 0.29) is 11.9 Å². The van der Waals surface area contributed by atoms with E-state index < -0.39 is 0 Å². The Kier molecular flexibility index (Phi) is 3.79. The van der Waals surface area contributed by atoms with Gasteiger partial charge in [-0.1, -0.05) is 25.1 Å². The molecule has 1 aromatic carbocycles. The molecule has 2 rings (SSSR count). The van der Waals surface area contributed by atoms with Crippen LogP contribution >= 0.6 is 0 Å². The average molecular weight is 236 g/mol. The van der Waals surface area contributed by atoms with Crippen LogP contribution in [0, 0.1) is 17.7 Å². The molecule has 2 N–H and O–H groups in total. The number of rotatable bonds is 5. The summed E-state index contributed by atoms with van der Waals surface area (Å²) in [4.78, 5) is 2.21. The largest absolute Gasteiger partial charge is 0.323 e. The first-order valence-electron chi connectivity index (χ1n) is 6.26. The first kappa shape index (κ1) is 12.5. The normalized spacial score (nSPS) is 25.0. The zero-order valence-corrected chi connectivity index (χ0v) is 10.6. The van der Waals surface area contributed by atoms with Crippen LogP contribution in [0.15, 0.2) is 24.3 Å². The van der Waals surface area contributed by atoms with Gasteiger partial charge < -0.3 is 10.6 Å². The maximum atomic E-state index is 13.5. The van der Waals surface area contributed by atoms with Crippen LogP contribution in [0.4, 0.5) is 4.39 Å². The third kappa shape index (κ3) is 3.27. The third-order valence-corrected chi connectivity index (χ3v) is 3.64. The molecule has 3 heteroatoms. The minimum atomic E-state index is -0.241. The first-order valence-corrected chi connectivity index (χ1v) is 6.26. The van der Waals surface area contributed by atoms with Gasteiger partial charge in [0.15, 0.2) is 0 Å². The standard InChI is InChI=1S/C14H21FN2/c1-10-7-11(10)8-17(2)9-14(16)12-5-3-4-6-13(12)15/h3-6,10-11,14H,7-9,16H2,1-2H3. The van der Waals surface area contributed by atoms with Crippen LogP contribution in [0.25, 0.3) is 0 Å². The molecule has 0 spiro atoms. The topological polar surface area (TPSA) is 29.3 Å². The molecule has 0 amide bonds. The van der Waals surface area contributed by atoms with Crippen LogP contribution in [0.1, 0.15) is 24.9 Å². The number of nitrogens with two attached hydrogens (primary N) is 1. The van der Waals surface area contributed by atoms with Gasteiger partial charge in [-0.15, -0.1) is 0 Å². The van der Waals surface area contributed by atoms with Gasteiger partial charge in [0.2, 0.25) is 0 Å². The second kappa shape index (κ2) is 5.15. The summed E-state index contributed by atoms with van der Waals surface area (Å²) in [6.45, 7) is 4.06. The van der Waals surface area contributed by atoms with Crippen molar-refractivity contribution in [2.45, 2.75) is 19.4 Å². The van der Waals surface area contributed by atoms with E-state index in [4.69, 9.17) is 5.73 Å². The van der Waals surface area contributed by atoms with E-state index in [0.717, 1.165) is 18.4 Å². The molecule has 1 aliphatic rings. The molecule has 0 bridgehead atoms. The Hall–Kier alpha value is -0.930. The van der Waals surface area contributed by atoms with Gasteiger partial charge in [-0.05, 0) is 31.4 Å². The summed E-state index contributed by atoms with van der Waals surface area (Å²) in [7, 11) is 2.06. The van der Waals surface area contributed by atoms with Crippen LogP contribution < -0.4 is 5.73 Å². The quantitative estimate of drug-likeness (QED) is 0.850. The van der Waals surface area contributed by atoms with Crippen LogP contribution in [0.3, 0.4) is 0 Å². The molecule has 3 unspecified atom stereocenters. The van der Waals surface area contributed by atoms with Crippen LogP contribution in [-0.4, -0.2) is 25.0 Å². The summed E-state index contributed by atoms with van der Waals surface area (Å²) in [6, 6.07) is 6.53. The van der Waals surface area contributed by atoms with Gasteiger partial charge in [0.1, 0.15) is 5.82 Å². The molecule has 0 aromatic heterocycles. The van der Waals surface area contributed by atoms with E-state index in [9.17, 15) is 4.39 Å². The second-order valence-electron chi connectivity index (χ2n) is 5.32. The van der Waals surface area contributed by atoms with Gasteiger partial charge in [-0.25, -0.2) is 4.39 Å². The van der Waals surface area contributed by atoms with Crippen molar-refractivity contribution in [2.24, 2.45) is 17.6 Å². The molecule has 0 saturated heterocycles. The lowest BCUT2D eigenvalue weighted by atomic mass is 10.1. The van der Waals surface area contributed by atoms with Gasteiger partial charge in [-0.2, -0.15) is 0 Å². The van der Waals surface area contributed by atoms with Crippen molar-refractivity contribution >= 4 is 0 Å². The van der Waals surface area contributed by atoms with Crippen molar-refractivity contribution in [2.75, 3.05) is 20.1 Å². The molecule has 94 valence electrons. The van der Waals surface area contributed by atoms with E-state index in [2.05, 4.69) is 18.9 Å². The molecule has 0 radical (unpaired) electrons. The number of hydrogen-bond donors (Lipinski definition) is 1. The Morgan fingerprint density at radius 1 is 1.47 bits per heavy atom. The molecule has 3 atom stereocenters. The van der Waals surface area contributed by atoms with E-state index in [1.165, 1.54) is 12.5 Å². The van der Waals surface area contributed by atoms with Gasteiger partial charge in [0.25, 0.3) is 0 Å². The molecule has 0 aliphatic heterocycles. The zero-order chi connectivity index (χ0) is 12.4. The molecule has 0 heterocycles.